The van der Waals surface area contributed by atoms with Crippen LogP contribution in [0.1, 0.15) is 77.0 Å². The Kier molecular flexibility index (Phi) is 5.00. The van der Waals surface area contributed by atoms with Crippen molar-refractivity contribution in [3.63, 3.8) is 0 Å². The lowest BCUT2D eigenvalue weighted by Crippen LogP contribution is -2.49. The van der Waals surface area contributed by atoms with Crippen LogP contribution in [0.15, 0.2) is 0 Å². The van der Waals surface area contributed by atoms with Gasteiger partial charge in [0.1, 0.15) is 0 Å². The molecule has 3 heteroatoms. The molecule has 20 heavy (non-hydrogen) atoms. The van der Waals surface area contributed by atoms with Gasteiger partial charge in [0.15, 0.2) is 0 Å². The van der Waals surface area contributed by atoms with Crippen molar-refractivity contribution in [1.29, 1.82) is 0 Å². The normalized spacial score (nSPS) is 32.5. The van der Waals surface area contributed by atoms with Gasteiger partial charge in [0, 0.05) is 12.6 Å². The van der Waals surface area contributed by atoms with E-state index in [4.69, 9.17) is 10.6 Å². The predicted octanol–water partition coefficient (Wildman–Crippen LogP) is 3.53. The van der Waals surface area contributed by atoms with Crippen molar-refractivity contribution >= 4 is 0 Å². The van der Waals surface area contributed by atoms with Gasteiger partial charge in [0.2, 0.25) is 0 Å². The summed E-state index contributed by atoms with van der Waals surface area (Å²) in [7, 11) is 0. The Labute approximate surface area is 124 Å². The number of ether oxygens (including phenoxy) is 1. The molecule has 116 valence electrons. The molecular weight excluding hydrogens is 248 g/mol. The van der Waals surface area contributed by atoms with Crippen LogP contribution in [0.25, 0.3) is 0 Å². The molecular formula is C17H32N2O. The molecule has 0 aromatic heterocycles. The molecule has 3 N–H and O–H groups in total. The van der Waals surface area contributed by atoms with E-state index in [9.17, 15) is 0 Å². The second kappa shape index (κ2) is 6.76. The molecule has 3 nitrogen and oxygen atoms in total. The molecule has 0 amide bonds. The highest BCUT2D eigenvalue weighted by atomic mass is 16.5. The first-order valence-corrected chi connectivity index (χ1v) is 8.91. The maximum Gasteiger partial charge on any atom is 0.0685 e. The molecule has 0 aromatic rings. The van der Waals surface area contributed by atoms with Crippen LogP contribution in [0.4, 0.5) is 0 Å². The highest BCUT2D eigenvalue weighted by molar-refractivity contribution is 4.93. The molecule has 1 heterocycles. The van der Waals surface area contributed by atoms with E-state index >= 15 is 0 Å². The van der Waals surface area contributed by atoms with E-state index in [2.05, 4.69) is 5.43 Å². The minimum absolute atomic E-state index is 0.214. The summed E-state index contributed by atoms with van der Waals surface area (Å²) in [4.78, 5) is 0. The van der Waals surface area contributed by atoms with Crippen LogP contribution in [0.5, 0.6) is 0 Å². The molecule has 0 radical (unpaired) electrons. The zero-order valence-electron chi connectivity index (χ0n) is 12.9. The van der Waals surface area contributed by atoms with Crippen molar-refractivity contribution in [2.24, 2.45) is 17.7 Å². The average molecular weight is 280 g/mol. The Hall–Kier alpha value is -0.120. The SMILES string of the molecule is NNC(CC1CCCC1)C1CCOC2(CCCCC2)C1. The first-order valence-electron chi connectivity index (χ1n) is 8.91. The van der Waals surface area contributed by atoms with Gasteiger partial charge in [0.25, 0.3) is 0 Å². The van der Waals surface area contributed by atoms with Gasteiger partial charge in [-0.05, 0) is 43.9 Å². The third-order valence-electron chi connectivity index (χ3n) is 6.14. The number of rotatable bonds is 4. The summed E-state index contributed by atoms with van der Waals surface area (Å²) < 4.78 is 6.23. The second-order valence-electron chi connectivity index (χ2n) is 7.50. The molecule has 2 aliphatic carbocycles. The van der Waals surface area contributed by atoms with Gasteiger partial charge in [-0.15, -0.1) is 0 Å². The van der Waals surface area contributed by atoms with E-state index in [0.29, 0.717) is 6.04 Å². The van der Waals surface area contributed by atoms with Gasteiger partial charge in [-0.2, -0.15) is 0 Å². The molecule has 1 saturated heterocycles. The van der Waals surface area contributed by atoms with E-state index in [-0.39, 0.29) is 5.60 Å². The van der Waals surface area contributed by atoms with Gasteiger partial charge in [-0.1, -0.05) is 44.9 Å². The van der Waals surface area contributed by atoms with Crippen molar-refractivity contribution in [3.05, 3.63) is 0 Å². The Morgan fingerprint density at radius 2 is 1.80 bits per heavy atom. The van der Waals surface area contributed by atoms with Gasteiger partial charge in [0.05, 0.1) is 5.60 Å². The van der Waals surface area contributed by atoms with Crippen LogP contribution in [-0.4, -0.2) is 18.2 Å². The molecule has 2 saturated carbocycles. The zero-order chi connectivity index (χ0) is 13.8. The van der Waals surface area contributed by atoms with E-state index in [0.717, 1.165) is 18.4 Å². The third-order valence-corrected chi connectivity index (χ3v) is 6.14. The lowest BCUT2D eigenvalue weighted by molar-refractivity contribution is -0.122. The Morgan fingerprint density at radius 1 is 1.05 bits per heavy atom. The summed E-state index contributed by atoms with van der Waals surface area (Å²) in [6, 6.07) is 0.515. The van der Waals surface area contributed by atoms with Crippen LogP contribution in [0, 0.1) is 11.8 Å². The lowest BCUT2D eigenvalue weighted by atomic mass is 9.73. The fourth-order valence-corrected chi connectivity index (χ4v) is 4.96. The van der Waals surface area contributed by atoms with Crippen molar-refractivity contribution in [3.8, 4) is 0 Å². The lowest BCUT2D eigenvalue weighted by Gasteiger charge is -2.45. The fourth-order valence-electron chi connectivity index (χ4n) is 4.96. The topological polar surface area (TPSA) is 47.3 Å². The first kappa shape index (κ1) is 14.8. The van der Waals surface area contributed by atoms with Crippen LogP contribution >= 0.6 is 0 Å². The molecule has 1 aliphatic heterocycles. The largest absolute Gasteiger partial charge is 0.375 e. The van der Waals surface area contributed by atoms with Crippen molar-refractivity contribution in [1.82, 2.24) is 5.43 Å². The summed E-state index contributed by atoms with van der Waals surface area (Å²) in [5.41, 5.74) is 3.38. The summed E-state index contributed by atoms with van der Waals surface area (Å²) in [6.45, 7) is 0.952. The van der Waals surface area contributed by atoms with E-state index < -0.39 is 0 Å². The van der Waals surface area contributed by atoms with Gasteiger partial charge < -0.3 is 4.74 Å². The smallest absolute Gasteiger partial charge is 0.0685 e. The molecule has 0 aromatic carbocycles. The summed E-state index contributed by atoms with van der Waals surface area (Å²) in [6.07, 6.45) is 16.1. The minimum atomic E-state index is 0.214. The highest BCUT2D eigenvalue weighted by Crippen LogP contribution is 2.42. The number of nitrogens with one attached hydrogen (secondary N) is 1. The second-order valence-corrected chi connectivity index (χ2v) is 7.50. The molecule has 3 rings (SSSR count). The molecule has 0 bridgehead atoms. The highest BCUT2D eigenvalue weighted by Gasteiger charge is 2.41. The maximum absolute atomic E-state index is 6.23. The van der Waals surface area contributed by atoms with Gasteiger partial charge in [-0.25, -0.2) is 0 Å². The summed E-state index contributed by atoms with van der Waals surface area (Å²) in [5, 5.41) is 0. The molecule has 1 spiro atoms. The third kappa shape index (κ3) is 3.37. The molecule has 3 fully saturated rings. The first-order chi connectivity index (χ1) is 9.81. The number of nitrogens with two attached hydrogens (primary N) is 1. The van der Waals surface area contributed by atoms with Crippen molar-refractivity contribution in [2.75, 3.05) is 6.61 Å². The maximum atomic E-state index is 6.23. The zero-order valence-corrected chi connectivity index (χ0v) is 12.9. The molecule has 3 aliphatic rings. The number of hydrogen-bond acceptors (Lipinski definition) is 3. The van der Waals surface area contributed by atoms with Crippen molar-refractivity contribution in [2.45, 2.75) is 88.7 Å². The van der Waals surface area contributed by atoms with Crippen LogP contribution in [-0.2, 0) is 4.74 Å². The Bertz CT molecular complexity index is 290. The van der Waals surface area contributed by atoms with Crippen molar-refractivity contribution < 1.29 is 4.74 Å². The standard InChI is InChI=1S/C17H32N2O/c18-19-16(12-14-6-2-3-7-14)15-8-11-20-17(13-15)9-4-1-5-10-17/h14-16,19H,1-13,18H2. The Balaban J connectivity index is 1.58. The van der Waals surface area contributed by atoms with Crippen LogP contribution < -0.4 is 11.3 Å². The predicted molar refractivity (Wildman–Crippen MR) is 82.2 cm³/mol. The van der Waals surface area contributed by atoms with Gasteiger partial charge in [-0.3, -0.25) is 11.3 Å². The van der Waals surface area contributed by atoms with E-state index in [1.807, 2.05) is 0 Å². The number of hydrazine groups is 1. The average Bonchev–Trinajstić information content (AvgIpc) is 2.98. The minimum Gasteiger partial charge on any atom is -0.375 e. The summed E-state index contributed by atoms with van der Waals surface area (Å²) >= 11 is 0. The Morgan fingerprint density at radius 3 is 2.50 bits per heavy atom. The molecule has 2 unspecified atom stereocenters. The quantitative estimate of drug-likeness (QED) is 0.612. The van der Waals surface area contributed by atoms with Crippen LogP contribution in [0.2, 0.25) is 0 Å². The number of hydrogen-bond donors (Lipinski definition) is 2. The monoisotopic (exact) mass is 280 g/mol. The summed E-state index contributed by atoms with van der Waals surface area (Å²) in [5.74, 6) is 7.56. The van der Waals surface area contributed by atoms with E-state index in [1.165, 1.54) is 77.0 Å². The van der Waals surface area contributed by atoms with Crippen LogP contribution in [0.3, 0.4) is 0 Å². The fraction of sp³-hybridized carbons (Fsp3) is 1.00. The van der Waals surface area contributed by atoms with E-state index in [1.54, 1.807) is 0 Å². The van der Waals surface area contributed by atoms with Gasteiger partial charge >= 0.3 is 0 Å². The molecule has 2 atom stereocenters.